The van der Waals surface area contributed by atoms with Crippen LogP contribution in [0.2, 0.25) is 0 Å². The van der Waals surface area contributed by atoms with E-state index in [1.165, 1.54) is 75.7 Å². The van der Waals surface area contributed by atoms with Crippen molar-refractivity contribution in [3.8, 4) is 0 Å². The SMILES string of the molecule is NCC1(CN2CCCCc3ccccc32)CCCCC1. The van der Waals surface area contributed by atoms with Crippen LogP contribution in [0.3, 0.4) is 0 Å². The first kappa shape index (κ1) is 13.9. The molecule has 1 aromatic rings. The molecule has 1 saturated carbocycles. The quantitative estimate of drug-likeness (QED) is 0.908. The van der Waals surface area contributed by atoms with Crippen molar-refractivity contribution in [3.63, 3.8) is 0 Å². The zero-order valence-electron chi connectivity index (χ0n) is 12.6. The van der Waals surface area contributed by atoms with Crippen molar-refractivity contribution in [1.82, 2.24) is 0 Å². The van der Waals surface area contributed by atoms with Gasteiger partial charge >= 0.3 is 0 Å². The molecule has 0 atom stereocenters. The van der Waals surface area contributed by atoms with Crippen LogP contribution in [0.4, 0.5) is 5.69 Å². The smallest absolute Gasteiger partial charge is 0.0398 e. The van der Waals surface area contributed by atoms with Crippen molar-refractivity contribution in [3.05, 3.63) is 29.8 Å². The molecule has 1 fully saturated rings. The predicted molar refractivity (Wildman–Crippen MR) is 86.2 cm³/mol. The maximum Gasteiger partial charge on any atom is 0.0398 e. The first-order valence-corrected chi connectivity index (χ1v) is 8.36. The van der Waals surface area contributed by atoms with Gasteiger partial charge in [0.1, 0.15) is 0 Å². The Morgan fingerprint density at radius 1 is 1.00 bits per heavy atom. The highest BCUT2D eigenvalue weighted by molar-refractivity contribution is 5.54. The lowest BCUT2D eigenvalue weighted by atomic mass is 9.73. The van der Waals surface area contributed by atoms with Gasteiger partial charge in [-0.3, -0.25) is 0 Å². The average molecular weight is 272 g/mol. The number of hydrogen-bond acceptors (Lipinski definition) is 2. The summed E-state index contributed by atoms with van der Waals surface area (Å²) in [6, 6.07) is 8.99. The summed E-state index contributed by atoms with van der Waals surface area (Å²) in [4.78, 5) is 2.64. The molecule has 2 nitrogen and oxygen atoms in total. The Kier molecular flexibility index (Phi) is 4.30. The van der Waals surface area contributed by atoms with E-state index in [0.29, 0.717) is 5.41 Å². The molecule has 2 N–H and O–H groups in total. The molecular weight excluding hydrogens is 244 g/mol. The Labute approximate surface area is 123 Å². The molecule has 1 aliphatic heterocycles. The number of benzene rings is 1. The highest BCUT2D eigenvalue weighted by atomic mass is 15.1. The summed E-state index contributed by atoms with van der Waals surface area (Å²) in [6.45, 7) is 3.23. The summed E-state index contributed by atoms with van der Waals surface area (Å²) in [5.74, 6) is 0. The molecule has 1 aliphatic carbocycles. The fraction of sp³-hybridized carbons (Fsp3) is 0.667. The minimum atomic E-state index is 0.371. The second kappa shape index (κ2) is 6.17. The Bertz CT molecular complexity index is 435. The van der Waals surface area contributed by atoms with Gasteiger partial charge in [-0.05, 0) is 50.3 Å². The Balaban J connectivity index is 1.82. The second-order valence-electron chi connectivity index (χ2n) is 6.77. The van der Waals surface area contributed by atoms with E-state index < -0.39 is 0 Å². The average Bonchev–Trinajstić information content (AvgIpc) is 2.71. The van der Waals surface area contributed by atoms with Gasteiger partial charge in [0, 0.05) is 24.2 Å². The van der Waals surface area contributed by atoms with Crippen LogP contribution in [0.5, 0.6) is 0 Å². The molecule has 3 rings (SSSR count). The summed E-state index contributed by atoms with van der Waals surface area (Å²) in [6.07, 6.45) is 10.7. The molecule has 0 amide bonds. The third-order valence-corrected chi connectivity index (χ3v) is 5.33. The number of nitrogens with two attached hydrogens (primary N) is 1. The summed E-state index contributed by atoms with van der Waals surface area (Å²) < 4.78 is 0. The van der Waals surface area contributed by atoms with Crippen LogP contribution in [0.15, 0.2) is 24.3 Å². The van der Waals surface area contributed by atoms with Crippen LogP contribution in [-0.2, 0) is 6.42 Å². The van der Waals surface area contributed by atoms with Gasteiger partial charge in [-0.25, -0.2) is 0 Å². The lowest BCUT2D eigenvalue weighted by Gasteiger charge is -2.41. The number of rotatable bonds is 3. The van der Waals surface area contributed by atoms with E-state index >= 15 is 0 Å². The zero-order chi connectivity index (χ0) is 13.8. The summed E-state index contributed by atoms with van der Waals surface area (Å²) in [7, 11) is 0. The highest BCUT2D eigenvalue weighted by Gasteiger charge is 2.33. The van der Waals surface area contributed by atoms with Gasteiger partial charge in [-0.15, -0.1) is 0 Å². The van der Waals surface area contributed by atoms with Crippen LogP contribution < -0.4 is 10.6 Å². The monoisotopic (exact) mass is 272 g/mol. The van der Waals surface area contributed by atoms with Gasteiger partial charge in [0.2, 0.25) is 0 Å². The van der Waals surface area contributed by atoms with Gasteiger partial charge in [-0.1, -0.05) is 37.5 Å². The Morgan fingerprint density at radius 3 is 2.60 bits per heavy atom. The van der Waals surface area contributed by atoms with E-state index in [4.69, 9.17) is 5.73 Å². The third-order valence-electron chi connectivity index (χ3n) is 5.33. The van der Waals surface area contributed by atoms with E-state index in [1.807, 2.05) is 0 Å². The minimum Gasteiger partial charge on any atom is -0.371 e. The lowest BCUT2D eigenvalue weighted by Crippen LogP contribution is -2.44. The fourth-order valence-corrected chi connectivity index (χ4v) is 4.07. The van der Waals surface area contributed by atoms with Crippen molar-refractivity contribution in [2.45, 2.75) is 51.4 Å². The second-order valence-corrected chi connectivity index (χ2v) is 6.77. The third kappa shape index (κ3) is 2.85. The van der Waals surface area contributed by atoms with E-state index in [-0.39, 0.29) is 0 Å². The van der Waals surface area contributed by atoms with E-state index in [1.54, 1.807) is 0 Å². The number of nitrogens with zero attached hydrogens (tertiary/aromatic N) is 1. The van der Waals surface area contributed by atoms with Gasteiger partial charge < -0.3 is 10.6 Å². The highest BCUT2D eigenvalue weighted by Crippen LogP contribution is 2.38. The largest absolute Gasteiger partial charge is 0.371 e. The van der Waals surface area contributed by atoms with E-state index in [2.05, 4.69) is 29.2 Å². The lowest BCUT2D eigenvalue weighted by molar-refractivity contribution is 0.203. The van der Waals surface area contributed by atoms with Crippen LogP contribution in [0, 0.1) is 5.41 Å². The van der Waals surface area contributed by atoms with Crippen LogP contribution in [-0.4, -0.2) is 19.6 Å². The van der Waals surface area contributed by atoms with Crippen molar-refractivity contribution >= 4 is 5.69 Å². The molecule has 0 saturated heterocycles. The van der Waals surface area contributed by atoms with Crippen molar-refractivity contribution in [2.24, 2.45) is 11.1 Å². The predicted octanol–water partition coefficient (Wildman–Crippen LogP) is 3.74. The van der Waals surface area contributed by atoms with E-state index in [9.17, 15) is 0 Å². The van der Waals surface area contributed by atoms with Crippen LogP contribution in [0.25, 0.3) is 0 Å². The summed E-state index contributed by atoms with van der Waals surface area (Å²) in [5, 5.41) is 0. The maximum absolute atomic E-state index is 6.19. The zero-order valence-corrected chi connectivity index (χ0v) is 12.6. The van der Waals surface area contributed by atoms with Crippen molar-refractivity contribution in [2.75, 3.05) is 24.5 Å². The molecule has 2 heteroatoms. The molecule has 20 heavy (non-hydrogen) atoms. The maximum atomic E-state index is 6.19. The number of fused-ring (bicyclic) bond motifs is 1. The first-order valence-electron chi connectivity index (χ1n) is 8.36. The van der Waals surface area contributed by atoms with Crippen LogP contribution in [0.1, 0.15) is 50.5 Å². The molecule has 0 bridgehead atoms. The Hall–Kier alpha value is -1.02. The fourth-order valence-electron chi connectivity index (χ4n) is 4.07. The topological polar surface area (TPSA) is 29.3 Å². The first-order chi connectivity index (χ1) is 9.83. The molecule has 0 unspecified atom stereocenters. The van der Waals surface area contributed by atoms with Gasteiger partial charge in [0.15, 0.2) is 0 Å². The normalized spacial score (nSPS) is 22.1. The molecule has 2 aliphatic rings. The standard InChI is InChI=1S/C18H28N2/c19-14-18(11-5-1-6-12-18)15-20-13-7-4-9-16-8-2-3-10-17(16)20/h2-3,8,10H,1,4-7,9,11-15,19H2. The molecule has 1 heterocycles. The number of aryl methyl sites for hydroxylation is 1. The van der Waals surface area contributed by atoms with Gasteiger partial charge in [0.05, 0.1) is 0 Å². The molecule has 0 aromatic heterocycles. The molecule has 0 radical (unpaired) electrons. The molecule has 0 spiro atoms. The van der Waals surface area contributed by atoms with Crippen LogP contribution >= 0.6 is 0 Å². The number of para-hydroxylation sites is 1. The van der Waals surface area contributed by atoms with Gasteiger partial charge in [-0.2, -0.15) is 0 Å². The minimum absolute atomic E-state index is 0.371. The Morgan fingerprint density at radius 2 is 1.80 bits per heavy atom. The summed E-state index contributed by atoms with van der Waals surface area (Å²) in [5.41, 5.74) is 9.57. The number of hydrogen-bond donors (Lipinski definition) is 1. The summed E-state index contributed by atoms with van der Waals surface area (Å²) >= 11 is 0. The van der Waals surface area contributed by atoms with Crippen molar-refractivity contribution < 1.29 is 0 Å². The molecular formula is C18H28N2. The van der Waals surface area contributed by atoms with Crippen molar-refractivity contribution in [1.29, 1.82) is 0 Å². The molecule has 110 valence electrons. The number of anilines is 1. The van der Waals surface area contributed by atoms with Gasteiger partial charge in [0.25, 0.3) is 0 Å². The molecule has 1 aromatic carbocycles. The van der Waals surface area contributed by atoms with E-state index in [0.717, 1.165) is 6.54 Å².